The van der Waals surface area contributed by atoms with Crippen molar-refractivity contribution in [3.05, 3.63) is 59.2 Å². The van der Waals surface area contributed by atoms with Gasteiger partial charge in [-0.2, -0.15) is 8.78 Å². The third-order valence-corrected chi connectivity index (χ3v) is 9.67. The SMILES string of the molecule is CCCCCCCCC1CCC(C#CC2CCC(c3ccc(CC(F)COc4ccc(OCC)c(F)c4F)cc3)CC2)CC1. The van der Waals surface area contributed by atoms with E-state index in [4.69, 9.17) is 9.47 Å². The maximum absolute atomic E-state index is 14.6. The predicted octanol–water partition coefficient (Wildman–Crippen LogP) is 11.2. The molecule has 0 spiro atoms. The maximum Gasteiger partial charge on any atom is 0.204 e. The van der Waals surface area contributed by atoms with Crippen molar-refractivity contribution < 1.29 is 22.6 Å². The fourth-order valence-corrected chi connectivity index (χ4v) is 6.93. The molecule has 4 rings (SSSR count). The maximum atomic E-state index is 14.6. The summed E-state index contributed by atoms with van der Waals surface area (Å²) in [6.45, 7) is 3.84. The first kappa shape index (κ1) is 34.3. The van der Waals surface area contributed by atoms with Crippen molar-refractivity contribution >= 4 is 0 Å². The van der Waals surface area contributed by atoms with Crippen LogP contribution in [-0.4, -0.2) is 19.4 Å². The van der Waals surface area contributed by atoms with Gasteiger partial charge in [-0.1, -0.05) is 88.0 Å². The van der Waals surface area contributed by atoms with Gasteiger partial charge < -0.3 is 9.47 Å². The Bertz CT molecular complexity index is 1170. The molecule has 2 aromatic carbocycles. The molecule has 0 N–H and O–H groups in total. The minimum Gasteiger partial charge on any atom is -0.491 e. The number of rotatable bonds is 15. The lowest BCUT2D eigenvalue weighted by Crippen LogP contribution is -2.17. The summed E-state index contributed by atoms with van der Waals surface area (Å²) >= 11 is 0. The predicted molar refractivity (Wildman–Crippen MR) is 174 cm³/mol. The monoisotopic (exact) mass is 610 g/mol. The molecule has 0 radical (unpaired) electrons. The average molecular weight is 611 g/mol. The largest absolute Gasteiger partial charge is 0.491 e. The van der Waals surface area contributed by atoms with Crippen molar-refractivity contribution in [1.29, 1.82) is 0 Å². The van der Waals surface area contributed by atoms with Gasteiger partial charge in [0.25, 0.3) is 0 Å². The second-order valence-electron chi connectivity index (χ2n) is 13.1. The summed E-state index contributed by atoms with van der Waals surface area (Å²) in [7, 11) is 0. The summed E-state index contributed by atoms with van der Waals surface area (Å²) in [6.07, 6.45) is 18.5. The second kappa shape index (κ2) is 18.4. The lowest BCUT2D eigenvalue weighted by molar-refractivity contribution is 0.187. The molecule has 2 fully saturated rings. The quantitative estimate of drug-likeness (QED) is 0.148. The zero-order valence-corrected chi connectivity index (χ0v) is 27.0. The third-order valence-electron chi connectivity index (χ3n) is 9.67. The number of alkyl halides is 1. The van der Waals surface area contributed by atoms with Crippen molar-refractivity contribution in [3.63, 3.8) is 0 Å². The number of halogens is 3. The van der Waals surface area contributed by atoms with Crippen molar-refractivity contribution in [2.75, 3.05) is 13.2 Å². The smallest absolute Gasteiger partial charge is 0.204 e. The van der Waals surface area contributed by atoms with Crippen LogP contribution in [0.25, 0.3) is 0 Å². The summed E-state index contributed by atoms with van der Waals surface area (Å²) in [5, 5.41) is 0. The van der Waals surface area contributed by atoms with E-state index in [9.17, 15) is 13.2 Å². The van der Waals surface area contributed by atoms with Gasteiger partial charge in [-0.25, -0.2) is 4.39 Å². The van der Waals surface area contributed by atoms with E-state index in [-0.39, 0.29) is 31.1 Å². The van der Waals surface area contributed by atoms with Crippen LogP contribution in [0.2, 0.25) is 0 Å². The lowest BCUT2D eigenvalue weighted by Gasteiger charge is -2.27. The molecule has 44 heavy (non-hydrogen) atoms. The molecule has 5 heteroatoms. The van der Waals surface area contributed by atoms with E-state index in [2.05, 4.69) is 30.9 Å². The standard InChI is InChI=1S/C39H53F3O2/c1-3-5-6-7-8-9-10-29-11-13-30(14-12-29)15-16-31-17-21-33(22-18-31)34-23-19-32(20-24-34)27-35(40)28-44-37-26-25-36(43-4-2)38(41)39(37)42/h19-20,23-26,29-31,33,35H,3-14,17-18,21-22,27-28H2,1-2H3. The van der Waals surface area contributed by atoms with E-state index < -0.39 is 17.8 Å². The van der Waals surface area contributed by atoms with E-state index in [1.54, 1.807) is 6.92 Å². The Morgan fingerprint density at radius 2 is 1.27 bits per heavy atom. The van der Waals surface area contributed by atoms with Crippen LogP contribution in [0.15, 0.2) is 36.4 Å². The molecule has 2 saturated carbocycles. The lowest BCUT2D eigenvalue weighted by atomic mass is 9.77. The summed E-state index contributed by atoms with van der Waals surface area (Å²) in [5.41, 5.74) is 2.17. The molecule has 2 aliphatic carbocycles. The highest BCUT2D eigenvalue weighted by atomic mass is 19.2. The first-order chi connectivity index (χ1) is 21.5. The molecule has 2 aromatic rings. The zero-order chi connectivity index (χ0) is 31.1. The topological polar surface area (TPSA) is 18.5 Å². The van der Waals surface area contributed by atoms with Crippen molar-refractivity contribution in [2.24, 2.45) is 17.8 Å². The minimum atomic E-state index is -1.33. The first-order valence-corrected chi connectivity index (χ1v) is 17.4. The Balaban J connectivity index is 1.13. The van der Waals surface area contributed by atoms with Gasteiger partial charge in [0.15, 0.2) is 11.5 Å². The third kappa shape index (κ3) is 10.8. The second-order valence-corrected chi connectivity index (χ2v) is 13.1. The highest BCUT2D eigenvalue weighted by molar-refractivity contribution is 5.35. The normalized spacial score (nSPS) is 22.6. The van der Waals surface area contributed by atoms with Crippen LogP contribution < -0.4 is 9.47 Å². The van der Waals surface area contributed by atoms with Gasteiger partial charge in [-0.15, -0.1) is 0 Å². The van der Waals surface area contributed by atoms with Gasteiger partial charge >= 0.3 is 0 Å². The highest BCUT2D eigenvalue weighted by Crippen LogP contribution is 2.37. The van der Waals surface area contributed by atoms with Gasteiger partial charge in [0.1, 0.15) is 12.8 Å². The number of hydrogen-bond donors (Lipinski definition) is 0. The van der Waals surface area contributed by atoms with Crippen LogP contribution >= 0.6 is 0 Å². The molecule has 1 unspecified atom stereocenters. The van der Waals surface area contributed by atoms with Gasteiger partial charge in [0.2, 0.25) is 11.6 Å². The molecule has 0 bridgehead atoms. The summed E-state index contributed by atoms with van der Waals surface area (Å²) in [6, 6.07) is 10.8. The van der Waals surface area contributed by atoms with Gasteiger partial charge in [0.05, 0.1) is 6.61 Å². The van der Waals surface area contributed by atoms with Crippen LogP contribution in [0.1, 0.15) is 127 Å². The first-order valence-electron chi connectivity index (χ1n) is 17.4. The van der Waals surface area contributed by atoms with Crippen LogP contribution in [0.4, 0.5) is 13.2 Å². The van der Waals surface area contributed by atoms with Gasteiger partial charge in [0, 0.05) is 18.3 Å². The molecule has 1 atom stereocenters. The van der Waals surface area contributed by atoms with E-state index in [0.717, 1.165) is 37.2 Å². The number of unbranched alkanes of at least 4 members (excludes halogenated alkanes) is 5. The van der Waals surface area contributed by atoms with E-state index in [1.165, 1.54) is 88.3 Å². The Kier molecular flexibility index (Phi) is 14.3. The van der Waals surface area contributed by atoms with Crippen molar-refractivity contribution in [3.8, 4) is 23.3 Å². The Hall–Kier alpha value is -2.61. The number of hydrogen-bond acceptors (Lipinski definition) is 2. The molecule has 0 aromatic heterocycles. The van der Waals surface area contributed by atoms with Gasteiger partial charge in [-0.3, -0.25) is 0 Å². The molecule has 0 aliphatic heterocycles. The van der Waals surface area contributed by atoms with Crippen LogP contribution in [-0.2, 0) is 6.42 Å². The van der Waals surface area contributed by atoms with Crippen molar-refractivity contribution in [1.82, 2.24) is 0 Å². The Morgan fingerprint density at radius 1 is 0.705 bits per heavy atom. The van der Waals surface area contributed by atoms with Crippen LogP contribution in [0.3, 0.4) is 0 Å². The number of ether oxygens (including phenoxy) is 2. The van der Waals surface area contributed by atoms with Crippen LogP contribution in [0, 0.1) is 41.2 Å². The molecule has 0 amide bonds. The summed E-state index contributed by atoms with van der Waals surface area (Å²) < 4.78 is 53.2. The summed E-state index contributed by atoms with van der Waals surface area (Å²) in [5.74, 6) is 7.17. The van der Waals surface area contributed by atoms with E-state index in [1.807, 2.05) is 12.1 Å². The van der Waals surface area contributed by atoms with Gasteiger partial charge in [-0.05, 0) is 93.4 Å². The van der Waals surface area contributed by atoms with E-state index >= 15 is 0 Å². The van der Waals surface area contributed by atoms with Crippen molar-refractivity contribution in [2.45, 2.75) is 129 Å². The zero-order valence-electron chi connectivity index (χ0n) is 27.0. The fourth-order valence-electron chi connectivity index (χ4n) is 6.93. The molecule has 2 aliphatic rings. The molecule has 0 heterocycles. The Labute approximate surface area is 264 Å². The molecule has 2 nitrogen and oxygen atoms in total. The molecular formula is C39H53F3O2. The fraction of sp³-hybridized carbons (Fsp3) is 0.641. The molecule has 242 valence electrons. The minimum absolute atomic E-state index is 0.157. The molecular weight excluding hydrogens is 557 g/mol. The number of benzene rings is 2. The average Bonchev–Trinajstić information content (AvgIpc) is 3.05. The highest BCUT2D eigenvalue weighted by Gasteiger charge is 2.23. The Morgan fingerprint density at radius 3 is 1.89 bits per heavy atom. The van der Waals surface area contributed by atoms with Crippen LogP contribution in [0.5, 0.6) is 11.5 Å². The van der Waals surface area contributed by atoms with E-state index in [0.29, 0.717) is 17.8 Å². The summed E-state index contributed by atoms with van der Waals surface area (Å²) in [4.78, 5) is 0. The molecule has 0 saturated heterocycles.